The average molecular weight is 192 g/mol. The molecule has 0 aromatic rings. The summed E-state index contributed by atoms with van der Waals surface area (Å²) in [5.74, 6) is 0. The fourth-order valence-electron chi connectivity index (χ4n) is 1.16. The maximum absolute atomic E-state index is 10.6. The van der Waals surface area contributed by atoms with E-state index in [1.165, 1.54) is 0 Å². The molecule has 4 nitrogen and oxygen atoms in total. The molecule has 1 rings (SSSR count). The monoisotopic (exact) mass is 192 g/mol. The van der Waals surface area contributed by atoms with Crippen LogP contribution >= 0.6 is 8.03 Å². The van der Waals surface area contributed by atoms with Crippen LogP contribution in [0.1, 0.15) is 6.92 Å². The molecule has 1 unspecified atom stereocenters. The highest BCUT2D eigenvalue weighted by atomic mass is 31.1. The Morgan fingerprint density at radius 3 is 3.00 bits per heavy atom. The molecule has 1 heterocycles. The Bertz CT molecular complexity index is 165. The third-order valence-corrected chi connectivity index (χ3v) is 2.18. The molecule has 0 aliphatic carbocycles. The predicted octanol–water partition coefficient (Wildman–Crippen LogP) is 0.752. The van der Waals surface area contributed by atoms with Crippen LogP contribution in [0.25, 0.3) is 0 Å². The van der Waals surface area contributed by atoms with Crippen molar-refractivity contribution < 1.29 is 13.8 Å². The molecule has 0 aromatic heterocycles. The van der Waals surface area contributed by atoms with Crippen LogP contribution in [0.4, 0.5) is 0 Å². The van der Waals surface area contributed by atoms with E-state index in [1.54, 1.807) is 6.66 Å². The molecule has 0 radical (unpaired) electrons. The molecule has 0 saturated carbocycles. The lowest BCUT2D eigenvalue weighted by atomic mass is 10.3. The van der Waals surface area contributed by atoms with E-state index >= 15 is 0 Å². The summed E-state index contributed by atoms with van der Waals surface area (Å²) < 4.78 is 21.1. The summed E-state index contributed by atoms with van der Waals surface area (Å²) in [7, 11) is -1.50. The zero-order chi connectivity index (χ0) is 8.97. The van der Waals surface area contributed by atoms with Crippen LogP contribution in [0, 0.1) is 0 Å². The van der Waals surface area contributed by atoms with Gasteiger partial charge < -0.3 is 10.1 Å². The first kappa shape index (κ1) is 10.1. The number of ether oxygens (including phenoxy) is 1. The Balaban J connectivity index is 2.18. The molecule has 0 aromatic carbocycles. The summed E-state index contributed by atoms with van der Waals surface area (Å²) in [6.07, 6.45) is 0.273. The van der Waals surface area contributed by atoms with E-state index in [2.05, 4.69) is 5.32 Å². The quantitative estimate of drug-likeness (QED) is 0.670. The number of rotatable bonds is 3. The van der Waals surface area contributed by atoms with Crippen molar-refractivity contribution >= 4 is 8.03 Å². The molecule has 0 bridgehead atoms. The molecule has 0 amide bonds. The second kappa shape index (κ2) is 4.87. The van der Waals surface area contributed by atoms with E-state index in [1.807, 2.05) is 6.92 Å². The number of morpholine rings is 1. The summed E-state index contributed by atoms with van der Waals surface area (Å²) in [4.78, 5) is 0. The lowest BCUT2D eigenvalue weighted by Gasteiger charge is -2.26. The van der Waals surface area contributed by atoms with E-state index < -0.39 is 8.03 Å². The zero-order valence-corrected chi connectivity index (χ0v) is 8.34. The van der Waals surface area contributed by atoms with Gasteiger partial charge in [-0.3, -0.25) is 0 Å². The molecule has 1 aliphatic rings. The lowest BCUT2D eigenvalue weighted by Crippen LogP contribution is -2.45. The smallest absolute Gasteiger partial charge is 0.370 e. The molecular weight excluding hydrogens is 177 g/mol. The number of hydrogen-bond donors (Lipinski definition) is 1. The summed E-state index contributed by atoms with van der Waals surface area (Å²) in [6, 6.07) is 0. The van der Waals surface area contributed by atoms with E-state index in [0.717, 1.165) is 13.1 Å². The predicted molar refractivity (Wildman–Crippen MR) is 46.7 cm³/mol. The van der Waals surface area contributed by atoms with Crippen molar-refractivity contribution in [3.8, 4) is 0 Å². The summed E-state index contributed by atoms with van der Waals surface area (Å²) in [6.45, 7) is 5.64. The molecule has 1 N–H and O–H groups in total. The third kappa shape index (κ3) is 3.59. The van der Waals surface area contributed by atoms with Gasteiger partial charge in [-0.15, -0.1) is 4.52 Å². The maximum atomic E-state index is 10.6. The minimum absolute atomic E-state index is 0.0487. The highest BCUT2D eigenvalue weighted by Crippen LogP contribution is 2.16. The third-order valence-electron chi connectivity index (χ3n) is 1.67. The SMILES string of the molecule is C[C@H]1CNC[C@@H](CO[P+](C)=O)O1. The molecule has 12 heavy (non-hydrogen) atoms. The van der Waals surface area contributed by atoms with Crippen molar-refractivity contribution in [2.75, 3.05) is 26.4 Å². The van der Waals surface area contributed by atoms with Crippen LogP contribution in [0.2, 0.25) is 0 Å². The van der Waals surface area contributed by atoms with Crippen LogP contribution in [0.3, 0.4) is 0 Å². The maximum Gasteiger partial charge on any atom is 0.504 e. The fraction of sp³-hybridized carbons (Fsp3) is 1.00. The van der Waals surface area contributed by atoms with Crippen molar-refractivity contribution in [3.05, 3.63) is 0 Å². The number of nitrogens with one attached hydrogen (secondary N) is 1. The van der Waals surface area contributed by atoms with Gasteiger partial charge in [-0.25, -0.2) is 0 Å². The van der Waals surface area contributed by atoms with E-state index in [-0.39, 0.29) is 12.2 Å². The molecular formula is C7H15NO3P+. The molecule has 0 spiro atoms. The van der Waals surface area contributed by atoms with Crippen molar-refractivity contribution in [3.63, 3.8) is 0 Å². The zero-order valence-electron chi connectivity index (χ0n) is 7.45. The Labute approximate surface area is 73.5 Å². The van der Waals surface area contributed by atoms with E-state index in [4.69, 9.17) is 9.26 Å². The van der Waals surface area contributed by atoms with Crippen molar-refractivity contribution in [1.29, 1.82) is 0 Å². The van der Waals surface area contributed by atoms with Crippen molar-refractivity contribution in [1.82, 2.24) is 5.32 Å². The van der Waals surface area contributed by atoms with E-state index in [0.29, 0.717) is 6.61 Å². The largest absolute Gasteiger partial charge is 0.504 e. The van der Waals surface area contributed by atoms with Crippen LogP contribution in [0.5, 0.6) is 0 Å². The van der Waals surface area contributed by atoms with Gasteiger partial charge >= 0.3 is 8.03 Å². The standard InChI is InChI=1S/C7H15NO3P/c1-6-3-8-4-7(11-6)5-10-12(2)9/h6-8H,3-5H2,1-2H3/q+1/t6-,7-/m0/s1. The van der Waals surface area contributed by atoms with Gasteiger partial charge in [-0.1, -0.05) is 0 Å². The first-order valence-corrected chi connectivity index (χ1v) is 5.71. The summed E-state index contributed by atoms with van der Waals surface area (Å²) in [5, 5.41) is 3.21. The fourth-order valence-corrected chi connectivity index (χ4v) is 1.53. The Morgan fingerprint density at radius 2 is 2.42 bits per heavy atom. The molecule has 1 saturated heterocycles. The average Bonchev–Trinajstić information content (AvgIpc) is 2.01. The van der Waals surface area contributed by atoms with Crippen LogP contribution in [-0.4, -0.2) is 38.6 Å². The van der Waals surface area contributed by atoms with Gasteiger partial charge in [0, 0.05) is 13.1 Å². The van der Waals surface area contributed by atoms with E-state index in [9.17, 15) is 4.57 Å². The van der Waals surface area contributed by atoms with Gasteiger partial charge in [-0.2, -0.15) is 0 Å². The first-order valence-electron chi connectivity index (χ1n) is 4.08. The Hall–Kier alpha value is -0.0200. The Morgan fingerprint density at radius 1 is 1.67 bits per heavy atom. The molecule has 3 atom stereocenters. The van der Waals surface area contributed by atoms with Crippen LogP contribution < -0.4 is 5.32 Å². The van der Waals surface area contributed by atoms with Crippen molar-refractivity contribution in [2.24, 2.45) is 0 Å². The van der Waals surface area contributed by atoms with Gasteiger partial charge in [-0.05, 0) is 11.5 Å². The van der Waals surface area contributed by atoms with Gasteiger partial charge in [0.15, 0.2) is 6.66 Å². The minimum atomic E-state index is -1.50. The lowest BCUT2D eigenvalue weighted by molar-refractivity contribution is -0.0458. The molecule has 1 aliphatic heterocycles. The van der Waals surface area contributed by atoms with Gasteiger partial charge in [0.1, 0.15) is 6.61 Å². The van der Waals surface area contributed by atoms with Crippen LogP contribution in [0.15, 0.2) is 0 Å². The Kier molecular flexibility index (Phi) is 4.09. The van der Waals surface area contributed by atoms with Gasteiger partial charge in [0.05, 0.1) is 12.2 Å². The van der Waals surface area contributed by atoms with Crippen molar-refractivity contribution in [2.45, 2.75) is 19.1 Å². The van der Waals surface area contributed by atoms with Crippen LogP contribution in [-0.2, 0) is 13.8 Å². The molecule has 70 valence electrons. The first-order chi connectivity index (χ1) is 5.68. The summed E-state index contributed by atoms with van der Waals surface area (Å²) >= 11 is 0. The second-order valence-corrected chi connectivity index (χ2v) is 4.10. The normalized spacial score (nSPS) is 31.7. The summed E-state index contributed by atoms with van der Waals surface area (Å²) in [5.41, 5.74) is 0. The second-order valence-electron chi connectivity index (χ2n) is 2.96. The number of hydrogen-bond acceptors (Lipinski definition) is 4. The highest BCUT2D eigenvalue weighted by Gasteiger charge is 2.21. The highest BCUT2D eigenvalue weighted by molar-refractivity contribution is 7.38. The minimum Gasteiger partial charge on any atom is -0.370 e. The molecule has 1 fully saturated rings. The van der Waals surface area contributed by atoms with Gasteiger partial charge in [0.2, 0.25) is 0 Å². The van der Waals surface area contributed by atoms with Gasteiger partial charge in [0.25, 0.3) is 0 Å². The topological polar surface area (TPSA) is 47.6 Å². The molecule has 5 heteroatoms.